The van der Waals surface area contributed by atoms with Gasteiger partial charge in [0.15, 0.2) is 11.2 Å². The molecule has 2 N–H and O–H groups in total. The van der Waals surface area contributed by atoms with Crippen molar-refractivity contribution >= 4 is 28.3 Å². The van der Waals surface area contributed by atoms with Gasteiger partial charge in [0.2, 0.25) is 0 Å². The number of fused-ring (bicyclic) bond motifs is 2. The minimum absolute atomic E-state index is 0.0231. The molecule has 3 aromatic heterocycles. The molecule has 0 saturated heterocycles. The highest BCUT2D eigenvalue weighted by Gasteiger charge is 2.24. The topological polar surface area (TPSA) is 89.0 Å². The first-order chi connectivity index (χ1) is 13.7. The summed E-state index contributed by atoms with van der Waals surface area (Å²) in [5.41, 5.74) is 3.59. The number of benzene rings is 1. The highest BCUT2D eigenvalue weighted by Crippen LogP contribution is 2.25. The van der Waals surface area contributed by atoms with Crippen molar-refractivity contribution in [2.75, 3.05) is 5.32 Å². The molecular weight excluding hydrogens is 361 g/mol. The number of anilines is 1. The van der Waals surface area contributed by atoms with Crippen LogP contribution in [-0.2, 0) is 6.54 Å². The number of aromatic nitrogens is 4. The number of aliphatic hydroxyl groups excluding tert-OH is 1. The fourth-order valence-corrected chi connectivity index (χ4v) is 3.80. The maximum atomic E-state index is 13.3. The van der Waals surface area contributed by atoms with Crippen molar-refractivity contribution in [1.82, 2.24) is 19.5 Å². The quantitative estimate of drug-likeness (QED) is 0.563. The maximum Gasteiger partial charge on any atom is 0.295 e. The summed E-state index contributed by atoms with van der Waals surface area (Å²) < 4.78 is 21.0. The largest absolute Gasteiger partial charge is 0.424 e. The fourth-order valence-electron chi connectivity index (χ4n) is 3.80. The first-order valence-corrected chi connectivity index (χ1v) is 9.46. The summed E-state index contributed by atoms with van der Waals surface area (Å²) in [4.78, 5) is 12.8. The summed E-state index contributed by atoms with van der Waals surface area (Å²) >= 11 is 0. The number of nitrogens with one attached hydrogen (secondary N) is 1. The van der Waals surface area contributed by atoms with E-state index in [1.54, 1.807) is 6.33 Å². The Bertz CT molecular complexity index is 1140. The zero-order chi connectivity index (χ0) is 19.1. The molecule has 1 aromatic carbocycles. The van der Waals surface area contributed by atoms with Crippen LogP contribution in [0.5, 0.6) is 0 Å². The van der Waals surface area contributed by atoms with Crippen molar-refractivity contribution in [1.29, 1.82) is 0 Å². The molecule has 2 atom stereocenters. The molecule has 0 aliphatic heterocycles. The molecule has 144 valence electrons. The van der Waals surface area contributed by atoms with E-state index in [2.05, 4.69) is 20.3 Å². The van der Waals surface area contributed by atoms with Gasteiger partial charge in [-0.1, -0.05) is 18.9 Å². The van der Waals surface area contributed by atoms with E-state index in [0.29, 0.717) is 29.3 Å². The number of nitrogens with zero attached hydrogens (tertiary/aromatic N) is 4. The lowest BCUT2D eigenvalue weighted by Crippen LogP contribution is -2.36. The smallest absolute Gasteiger partial charge is 0.295 e. The van der Waals surface area contributed by atoms with Gasteiger partial charge in [-0.05, 0) is 30.5 Å². The van der Waals surface area contributed by atoms with E-state index < -0.39 is 5.82 Å². The summed E-state index contributed by atoms with van der Waals surface area (Å²) in [6, 6.07) is 7.59. The van der Waals surface area contributed by atoms with Gasteiger partial charge in [-0.25, -0.2) is 14.4 Å². The van der Waals surface area contributed by atoms with Gasteiger partial charge >= 0.3 is 0 Å². The van der Waals surface area contributed by atoms with Gasteiger partial charge < -0.3 is 19.4 Å². The molecule has 3 heterocycles. The van der Waals surface area contributed by atoms with Crippen LogP contribution in [0.4, 0.5) is 10.4 Å². The summed E-state index contributed by atoms with van der Waals surface area (Å²) in [5, 5.41) is 13.4. The third-order valence-electron chi connectivity index (χ3n) is 5.27. The van der Waals surface area contributed by atoms with E-state index in [1.165, 1.54) is 12.3 Å². The van der Waals surface area contributed by atoms with Gasteiger partial charge in [-0.3, -0.25) is 0 Å². The lowest BCUT2D eigenvalue weighted by molar-refractivity contribution is 0.115. The summed E-state index contributed by atoms with van der Waals surface area (Å²) in [6.07, 6.45) is 6.34. The molecule has 0 amide bonds. The fraction of sp³-hybridized carbons (Fsp3) is 0.350. The molecule has 2 unspecified atom stereocenters. The first kappa shape index (κ1) is 17.1. The standard InChI is InChI=1S/C20H20FN5O2/c21-13-8-16-19(22-9-13)26(11-23-16)10-12-5-6-15-18(7-12)28-20(25-15)24-14-3-1-2-4-17(14)27/h5-9,11,14,17,27H,1-4,10H2,(H,24,25). The molecule has 1 saturated carbocycles. The van der Waals surface area contributed by atoms with Crippen LogP contribution in [0.3, 0.4) is 0 Å². The van der Waals surface area contributed by atoms with Gasteiger partial charge in [-0.2, -0.15) is 4.98 Å². The van der Waals surface area contributed by atoms with E-state index >= 15 is 0 Å². The Kier molecular flexibility index (Phi) is 4.20. The maximum absolute atomic E-state index is 13.3. The number of halogens is 1. The Morgan fingerprint density at radius 3 is 2.96 bits per heavy atom. The molecule has 0 bridgehead atoms. The van der Waals surface area contributed by atoms with E-state index in [-0.39, 0.29) is 12.1 Å². The van der Waals surface area contributed by atoms with Crippen LogP contribution in [-0.4, -0.2) is 36.8 Å². The number of hydrogen-bond acceptors (Lipinski definition) is 6. The number of aliphatic hydroxyl groups is 1. The predicted octanol–water partition coefficient (Wildman–Crippen LogP) is 3.48. The van der Waals surface area contributed by atoms with Gasteiger partial charge in [0.05, 0.1) is 31.2 Å². The molecule has 28 heavy (non-hydrogen) atoms. The lowest BCUT2D eigenvalue weighted by atomic mass is 9.93. The number of imidazole rings is 1. The molecule has 1 fully saturated rings. The SMILES string of the molecule is OC1CCCCC1Nc1nc2ccc(Cn3cnc4cc(F)cnc43)cc2o1. The van der Waals surface area contributed by atoms with Crippen LogP contribution < -0.4 is 5.32 Å². The molecule has 5 rings (SSSR count). The number of pyridine rings is 1. The van der Waals surface area contributed by atoms with E-state index in [4.69, 9.17) is 4.42 Å². The van der Waals surface area contributed by atoms with Crippen LogP contribution in [0.1, 0.15) is 31.2 Å². The number of rotatable bonds is 4. The first-order valence-electron chi connectivity index (χ1n) is 9.46. The van der Waals surface area contributed by atoms with Gasteiger partial charge in [0, 0.05) is 6.07 Å². The van der Waals surface area contributed by atoms with Crippen molar-refractivity contribution in [2.45, 2.75) is 44.4 Å². The molecule has 0 spiro atoms. The van der Waals surface area contributed by atoms with E-state index in [0.717, 1.165) is 36.8 Å². The van der Waals surface area contributed by atoms with Gasteiger partial charge in [-0.15, -0.1) is 0 Å². The van der Waals surface area contributed by atoms with Gasteiger partial charge in [0.25, 0.3) is 6.01 Å². The Balaban J connectivity index is 1.38. The van der Waals surface area contributed by atoms with E-state index in [1.807, 2.05) is 22.8 Å². The van der Waals surface area contributed by atoms with Crippen LogP contribution in [0, 0.1) is 5.82 Å². The van der Waals surface area contributed by atoms with E-state index in [9.17, 15) is 9.50 Å². The van der Waals surface area contributed by atoms with Crippen molar-refractivity contribution in [3.8, 4) is 0 Å². The molecule has 4 aromatic rings. The second kappa shape index (κ2) is 6.87. The average Bonchev–Trinajstić information content (AvgIpc) is 3.26. The normalized spacial score (nSPS) is 20.1. The number of oxazole rings is 1. The average molecular weight is 381 g/mol. The molecular formula is C20H20FN5O2. The Hall–Kier alpha value is -3.00. The highest BCUT2D eigenvalue weighted by molar-refractivity contribution is 5.75. The molecule has 1 aliphatic rings. The van der Waals surface area contributed by atoms with Crippen LogP contribution in [0.2, 0.25) is 0 Å². The lowest BCUT2D eigenvalue weighted by Gasteiger charge is -2.27. The summed E-state index contributed by atoms with van der Waals surface area (Å²) in [7, 11) is 0. The monoisotopic (exact) mass is 381 g/mol. The third kappa shape index (κ3) is 3.20. The van der Waals surface area contributed by atoms with Crippen molar-refractivity contribution in [2.24, 2.45) is 0 Å². The minimum Gasteiger partial charge on any atom is -0.424 e. The zero-order valence-electron chi connectivity index (χ0n) is 15.2. The Labute approximate surface area is 160 Å². The van der Waals surface area contributed by atoms with Crippen molar-refractivity contribution < 1.29 is 13.9 Å². The van der Waals surface area contributed by atoms with Crippen molar-refractivity contribution in [3.63, 3.8) is 0 Å². The summed E-state index contributed by atoms with van der Waals surface area (Å²) in [6.45, 7) is 0.538. The molecule has 1 aliphatic carbocycles. The zero-order valence-corrected chi connectivity index (χ0v) is 15.2. The number of hydrogen-bond donors (Lipinski definition) is 2. The second-order valence-electron chi connectivity index (χ2n) is 7.29. The van der Waals surface area contributed by atoms with Crippen LogP contribution >= 0.6 is 0 Å². The summed E-state index contributed by atoms with van der Waals surface area (Å²) in [5.74, 6) is -0.399. The van der Waals surface area contributed by atoms with Gasteiger partial charge in [0.1, 0.15) is 16.9 Å². The minimum atomic E-state index is -0.399. The van der Waals surface area contributed by atoms with Crippen molar-refractivity contribution in [3.05, 3.63) is 48.2 Å². The molecule has 8 heteroatoms. The Morgan fingerprint density at radius 1 is 1.18 bits per heavy atom. The second-order valence-corrected chi connectivity index (χ2v) is 7.29. The molecule has 0 radical (unpaired) electrons. The third-order valence-corrected chi connectivity index (χ3v) is 5.27. The van der Waals surface area contributed by atoms with Crippen LogP contribution in [0.25, 0.3) is 22.3 Å². The van der Waals surface area contributed by atoms with Crippen LogP contribution in [0.15, 0.2) is 41.2 Å². The Morgan fingerprint density at radius 2 is 2.07 bits per heavy atom. The highest BCUT2D eigenvalue weighted by atomic mass is 19.1. The predicted molar refractivity (Wildman–Crippen MR) is 102 cm³/mol. The molecule has 7 nitrogen and oxygen atoms in total.